The van der Waals surface area contributed by atoms with Crippen molar-refractivity contribution >= 4 is 15.8 Å². The molecule has 0 spiro atoms. The minimum Gasteiger partial charge on any atom is -0.497 e. The lowest BCUT2D eigenvalue weighted by molar-refractivity contribution is -0.147. The van der Waals surface area contributed by atoms with Gasteiger partial charge in [-0.15, -0.1) is 0 Å². The molecule has 2 aromatic carbocycles. The van der Waals surface area contributed by atoms with Crippen LogP contribution in [-0.2, 0) is 25.9 Å². The van der Waals surface area contributed by atoms with Gasteiger partial charge in [-0.3, -0.25) is 9.69 Å². The summed E-state index contributed by atoms with van der Waals surface area (Å²) in [6.07, 6.45) is 0.342. The topological polar surface area (TPSA) is 82.1 Å². The molecule has 0 radical (unpaired) electrons. The zero-order valence-corrected chi connectivity index (χ0v) is 19.0. The van der Waals surface area contributed by atoms with Crippen LogP contribution in [0.5, 0.6) is 11.5 Å². The second kappa shape index (κ2) is 9.70. The van der Waals surface area contributed by atoms with Crippen LogP contribution < -0.4 is 9.47 Å². The van der Waals surface area contributed by atoms with Gasteiger partial charge < -0.3 is 14.2 Å². The van der Waals surface area contributed by atoms with Gasteiger partial charge in [0.25, 0.3) is 0 Å². The number of nitrogens with zero attached hydrogens (tertiary/aromatic N) is 1. The predicted molar refractivity (Wildman–Crippen MR) is 117 cm³/mol. The first-order chi connectivity index (χ1) is 14.9. The SMILES string of the molecule is CCOC(=O)C1(S(=O)(=O)c2ccc(OC)cc2)CCN(Cc2cccc(OC)c2)CC1. The standard InChI is InChI=1S/C23H29NO6S/c1-4-30-22(25)23(31(26,27)21-10-8-19(28-2)9-11-21)12-14-24(15-13-23)17-18-6-5-7-20(16-18)29-3/h5-11,16H,4,12-15,17H2,1-3H3. The number of esters is 1. The van der Waals surface area contributed by atoms with Crippen molar-refractivity contribution in [1.82, 2.24) is 4.90 Å². The molecule has 0 saturated carbocycles. The Hall–Kier alpha value is -2.58. The number of piperidine rings is 1. The Kier molecular flexibility index (Phi) is 7.23. The molecule has 3 rings (SSSR count). The molecule has 0 N–H and O–H groups in total. The van der Waals surface area contributed by atoms with Crippen LogP contribution in [0, 0.1) is 0 Å². The van der Waals surface area contributed by atoms with Gasteiger partial charge >= 0.3 is 5.97 Å². The molecule has 1 aliphatic heterocycles. The first-order valence-electron chi connectivity index (χ1n) is 10.3. The molecule has 1 heterocycles. The normalized spacial score (nSPS) is 16.5. The Morgan fingerprint density at radius 1 is 1.00 bits per heavy atom. The maximum atomic E-state index is 13.6. The Balaban J connectivity index is 1.84. The van der Waals surface area contributed by atoms with E-state index >= 15 is 0 Å². The van der Waals surface area contributed by atoms with Crippen molar-refractivity contribution in [3.8, 4) is 11.5 Å². The van der Waals surface area contributed by atoms with Crippen molar-refractivity contribution in [2.24, 2.45) is 0 Å². The maximum Gasteiger partial charge on any atom is 0.327 e. The zero-order valence-electron chi connectivity index (χ0n) is 18.2. The van der Waals surface area contributed by atoms with Crippen LogP contribution in [0.2, 0.25) is 0 Å². The molecule has 0 bridgehead atoms. The number of benzene rings is 2. The highest BCUT2D eigenvalue weighted by Crippen LogP contribution is 2.37. The van der Waals surface area contributed by atoms with Crippen LogP contribution in [0.15, 0.2) is 53.4 Å². The number of sulfone groups is 1. The molecule has 8 heteroatoms. The van der Waals surface area contributed by atoms with E-state index in [2.05, 4.69) is 4.90 Å². The van der Waals surface area contributed by atoms with E-state index < -0.39 is 20.6 Å². The third kappa shape index (κ3) is 4.70. The van der Waals surface area contributed by atoms with Crippen molar-refractivity contribution in [2.75, 3.05) is 33.9 Å². The van der Waals surface area contributed by atoms with E-state index in [0.717, 1.165) is 11.3 Å². The fourth-order valence-corrected chi connectivity index (χ4v) is 5.87. The van der Waals surface area contributed by atoms with Crippen LogP contribution in [0.4, 0.5) is 0 Å². The molecule has 31 heavy (non-hydrogen) atoms. The third-order valence-electron chi connectivity index (χ3n) is 5.74. The molecular weight excluding hydrogens is 418 g/mol. The van der Waals surface area contributed by atoms with Gasteiger partial charge in [0.2, 0.25) is 0 Å². The van der Waals surface area contributed by atoms with Crippen LogP contribution in [0.25, 0.3) is 0 Å². The van der Waals surface area contributed by atoms with Gasteiger partial charge in [-0.1, -0.05) is 12.1 Å². The Labute approximate surface area is 183 Å². The lowest BCUT2D eigenvalue weighted by Crippen LogP contribution is -2.54. The number of carbonyl (C=O) groups is 1. The fourth-order valence-electron chi connectivity index (χ4n) is 3.93. The van der Waals surface area contributed by atoms with Crippen LogP contribution in [0.3, 0.4) is 0 Å². The molecule has 1 fully saturated rings. The zero-order chi connectivity index (χ0) is 22.5. The molecule has 0 atom stereocenters. The number of rotatable bonds is 8. The molecule has 0 aromatic heterocycles. The second-order valence-corrected chi connectivity index (χ2v) is 9.78. The average Bonchev–Trinajstić information content (AvgIpc) is 2.79. The quantitative estimate of drug-likeness (QED) is 0.575. The van der Waals surface area contributed by atoms with E-state index in [9.17, 15) is 13.2 Å². The molecule has 2 aromatic rings. The highest BCUT2D eigenvalue weighted by atomic mass is 32.2. The summed E-state index contributed by atoms with van der Waals surface area (Å²) in [6, 6.07) is 13.9. The van der Waals surface area contributed by atoms with Gasteiger partial charge in [-0.05, 0) is 61.7 Å². The summed E-state index contributed by atoms with van der Waals surface area (Å²) >= 11 is 0. The van der Waals surface area contributed by atoms with Crippen molar-refractivity contribution in [1.29, 1.82) is 0 Å². The van der Waals surface area contributed by atoms with E-state index in [4.69, 9.17) is 14.2 Å². The minimum atomic E-state index is -3.95. The Morgan fingerprint density at radius 3 is 2.23 bits per heavy atom. The lowest BCUT2D eigenvalue weighted by atomic mass is 9.95. The van der Waals surface area contributed by atoms with Crippen molar-refractivity contribution in [3.05, 3.63) is 54.1 Å². The van der Waals surface area contributed by atoms with E-state index in [1.807, 2.05) is 24.3 Å². The Morgan fingerprint density at radius 2 is 1.65 bits per heavy atom. The highest BCUT2D eigenvalue weighted by Gasteiger charge is 2.54. The van der Waals surface area contributed by atoms with Gasteiger partial charge in [0.05, 0.1) is 25.7 Å². The van der Waals surface area contributed by atoms with Crippen LogP contribution >= 0.6 is 0 Å². The molecule has 7 nitrogen and oxygen atoms in total. The first kappa shape index (κ1) is 23.1. The first-order valence-corrected chi connectivity index (χ1v) is 11.8. The summed E-state index contributed by atoms with van der Waals surface area (Å²) in [6.45, 7) is 3.39. The van der Waals surface area contributed by atoms with Gasteiger partial charge in [-0.25, -0.2) is 8.42 Å². The molecular formula is C23H29NO6S. The van der Waals surface area contributed by atoms with Crippen molar-refractivity contribution in [3.63, 3.8) is 0 Å². The number of methoxy groups -OCH3 is 2. The summed E-state index contributed by atoms with van der Waals surface area (Å²) in [5.74, 6) is 0.654. The average molecular weight is 448 g/mol. The molecule has 168 valence electrons. The van der Waals surface area contributed by atoms with Crippen LogP contribution in [0.1, 0.15) is 25.3 Å². The summed E-state index contributed by atoms with van der Waals surface area (Å²) in [5, 5.41) is 0. The molecule has 0 aliphatic carbocycles. The number of hydrogen-bond acceptors (Lipinski definition) is 7. The number of likely N-dealkylation sites (tertiary alicyclic amines) is 1. The van der Waals surface area contributed by atoms with Crippen LogP contribution in [-0.4, -0.2) is 58.0 Å². The van der Waals surface area contributed by atoms with Gasteiger partial charge in [0, 0.05) is 19.6 Å². The summed E-state index contributed by atoms with van der Waals surface area (Å²) in [5.41, 5.74) is 1.07. The molecule has 0 amide bonds. The predicted octanol–water partition coefficient (Wildman–Crippen LogP) is 3.08. The van der Waals surface area contributed by atoms with Gasteiger partial charge in [0.15, 0.2) is 14.6 Å². The van der Waals surface area contributed by atoms with E-state index in [-0.39, 0.29) is 24.3 Å². The molecule has 1 aliphatic rings. The second-order valence-electron chi connectivity index (χ2n) is 7.52. The molecule has 0 unspecified atom stereocenters. The number of carbonyl (C=O) groups excluding carboxylic acids is 1. The smallest absolute Gasteiger partial charge is 0.327 e. The van der Waals surface area contributed by atoms with Crippen molar-refractivity contribution in [2.45, 2.75) is 36.0 Å². The van der Waals surface area contributed by atoms with E-state index in [0.29, 0.717) is 25.4 Å². The summed E-state index contributed by atoms with van der Waals surface area (Å²) in [4.78, 5) is 15.2. The fraction of sp³-hybridized carbons (Fsp3) is 0.435. The maximum absolute atomic E-state index is 13.6. The minimum absolute atomic E-state index is 0.0996. The summed E-state index contributed by atoms with van der Waals surface area (Å²) in [7, 11) is -0.815. The van der Waals surface area contributed by atoms with E-state index in [1.165, 1.54) is 19.2 Å². The number of hydrogen-bond donors (Lipinski definition) is 0. The van der Waals surface area contributed by atoms with Crippen molar-refractivity contribution < 1.29 is 27.4 Å². The molecule has 1 saturated heterocycles. The largest absolute Gasteiger partial charge is 0.497 e. The number of ether oxygens (including phenoxy) is 3. The highest BCUT2D eigenvalue weighted by molar-refractivity contribution is 7.93. The Bertz CT molecular complexity index is 995. The third-order valence-corrected chi connectivity index (χ3v) is 8.23. The monoisotopic (exact) mass is 447 g/mol. The van der Waals surface area contributed by atoms with Gasteiger partial charge in [0.1, 0.15) is 11.5 Å². The van der Waals surface area contributed by atoms with E-state index in [1.54, 1.807) is 26.2 Å². The summed E-state index contributed by atoms with van der Waals surface area (Å²) < 4.78 is 41.2. The van der Waals surface area contributed by atoms with Gasteiger partial charge in [-0.2, -0.15) is 0 Å². The lowest BCUT2D eigenvalue weighted by Gasteiger charge is -2.39.